The predicted octanol–water partition coefficient (Wildman–Crippen LogP) is 3.03. The van der Waals surface area contributed by atoms with E-state index in [-0.39, 0.29) is 22.1 Å². The summed E-state index contributed by atoms with van der Waals surface area (Å²) < 4.78 is 35.7. The van der Waals surface area contributed by atoms with Crippen LogP contribution in [0.5, 0.6) is 11.5 Å². The Bertz CT molecular complexity index is 1370. The van der Waals surface area contributed by atoms with E-state index in [1.807, 2.05) is 0 Å². The molecule has 0 fully saturated rings. The summed E-state index contributed by atoms with van der Waals surface area (Å²) in [5, 5.41) is 15.0. The van der Waals surface area contributed by atoms with Crippen molar-refractivity contribution in [3.63, 3.8) is 0 Å². The highest BCUT2D eigenvalue weighted by Crippen LogP contribution is 2.31. The van der Waals surface area contributed by atoms with E-state index < -0.39 is 20.9 Å². The molecule has 1 amide bonds. The first kappa shape index (κ1) is 24.2. The fourth-order valence-electron chi connectivity index (χ4n) is 2.81. The zero-order valence-corrected chi connectivity index (χ0v) is 18.9. The van der Waals surface area contributed by atoms with Crippen LogP contribution >= 0.6 is 0 Å². The van der Waals surface area contributed by atoms with Crippen LogP contribution < -0.4 is 20.1 Å². The molecule has 3 N–H and O–H groups in total. The number of nitrogens with zero attached hydrogens (tertiary/aromatic N) is 2. The number of nitro groups is 1. The highest BCUT2D eigenvalue weighted by Gasteiger charge is 2.23. The number of benzene rings is 3. The number of amides is 1. The number of carbonyl (C=O) groups is 1. The van der Waals surface area contributed by atoms with Crippen molar-refractivity contribution in [2.24, 2.45) is 5.10 Å². The molecular formula is C22H20N4O7S. The lowest BCUT2D eigenvalue weighted by Gasteiger charge is -2.11. The van der Waals surface area contributed by atoms with Gasteiger partial charge in [-0.25, -0.2) is 5.43 Å². The molecule has 0 heterocycles. The van der Waals surface area contributed by atoms with Crippen molar-refractivity contribution >= 4 is 33.6 Å². The molecule has 0 spiro atoms. The maximum Gasteiger partial charge on any atom is 0.339 e. The molecule has 0 unspecified atom stereocenters. The third-order valence-corrected chi connectivity index (χ3v) is 5.84. The highest BCUT2D eigenvalue weighted by atomic mass is 32.2. The Hall–Kier alpha value is -4.45. The maximum atomic E-state index is 12.7. The Morgan fingerprint density at radius 3 is 2.44 bits per heavy atom. The average Bonchev–Trinajstić information content (AvgIpc) is 2.80. The molecule has 176 valence electrons. The number of carbonyl (C=O) groups excluding carboxylic acids is 1. The Balaban J connectivity index is 1.76. The van der Waals surface area contributed by atoms with E-state index in [1.54, 1.807) is 24.3 Å². The van der Waals surface area contributed by atoms with Crippen molar-refractivity contribution in [1.29, 1.82) is 0 Å². The van der Waals surface area contributed by atoms with E-state index in [2.05, 4.69) is 10.5 Å². The number of nitro benzene ring substituents is 1. The first-order valence-electron chi connectivity index (χ1n) is 9.67. The van der Waals surface area contributed by atoms with Gasteiger partial charge in [-0.15, -0.1) is 0 Å². The molecule has 0 aliphatic rings. The summed E-state index contributed by atoms with van der Waals surface area (Å²) in [6.45, 7) is 1.50. The number of nitrogen functional groups attached to an aromatic ring is 1. The Morgan fingerprint density at radius 1 is 1.09 bits per heavy atom. The number of nitrogens with two attached hydrogens (primary N) is 1. The monoisotopic (exact) mass is 484 g/mol. The van der Waals surface area contributed by atoms with Crippen molar-refractivity contribution in [3.8, 4) is 11.5 Å². The van der Waals surface area contributed by atoms with Crippen LogP contribution in [0.4, 0.5) is 11.4 Å². The molecule has 3 aromatic rings. The van der Waals surface area contributed by atoms with Gasteiger partial charge in [0, 0.05) is 22.9 Å². The van der Waals surface area contributed by atoms with Gasteiger partial charge < -0.3 is 14.7 Å². The molecule has 12 heteroatoms. The van der Waals surface area contributed by atoms with E-state index in [1.165, 1.54) is 50.6 Å². The van der Waals surface area contributed by atoms with Crippen LogP contribution in [-0.4, -0.2) is 32.6 Å². The number of hydrazone groups is 1. The molecule has 3 aromatic carbocycles. The largest absolute Gasteiger partial charge is 0.493 e. The number of rotatable bonds is 8. The summed E-state index contributed by atoms with van der Waals surface area (Å²) in [7, 11) is -3.06. The van der Waals surface area contributed by atoms with Crippen LogP contribution in [0.3, 0.4) is 0 Å². The second-order valence-corrected chi connectivity index (χ2v) is 8.52. The van der Waals surface area contributed by atoms with E-state index in [4.69, 9.17) is 14.7 Å². The molecular weight excluding hydrogens is 464 g/mol. The van der Waals surface area contributed by atoms with Crippen molar-refractivity contribution in [3.05, 3.63) is 87.5 Å². The summed E-state index contributed by atoms with van der Waals surface area (Å²) in [5.74, 6) is -0.505. The fourth-order valence-corrected chi connectivity index (χ4v) is 3.77. The molecule has 0 bridgehead atoms. The zero-order chi connectivity index (χ0) is 24.9. The highest BCUT2D eigenvalue weighted by molar-refractivity contribution is 7.87. The molecule has 11 nitrogen and oxygen atoms in total. The van der Waals surface area contributed by atoms with Gasteiger partial charge in [-0.3, -0.25) is 14.9 Å². The summed E-state index contributed by atoms with van der Waals surface area (Å²) in [4.78, 5) is 22.2. The van der Waals surface area contributed by atoms with E-state index in [9.17, 15) is 23.3 Å². The third-order valence-electron chi connectivity index (χ3n) is 4.61. The van der Waals surface area contributed by atoms with Crippen LogP contribution in [0.1, 0.15) is 21.5 Å². The second kappa shape index (κ2) is 10.0. The standard InChI is InChI=1S/C22H20N4O7S/c1-14-3-9-18(12-19(14)26(28)29)34(30,31)33-20-10-4-15(11-21(20)32-2)13-24-25-22(27)16-5-7-17(23)8-6-16/h3-13H,23H2,1-2H3,(H,25,27). The molecule has 34 heavy (non-hydrogen) atoms. The minimum Gasteiger partial charge on any atom is -0.493 e. The molecule has 0 saturated carbocycles. The van der Waals surface area contributed by atoms with Gasteiger partial charge in [0.05, 0.1) is 18.2 Å². The quantitative estimate of drug-likeness (QED) is 0.162. The van der Waals surface area contributed by atoms with E-state index >= 15 is 0 Å². The Kier molecular flexibility index (Phi) is 7.12. The van der Waals surface area contributed by atoms with Gasteiger partial charge in [-0.1, -0.05) is 6.07 Å². The number of hydrogen-bond acceptors (Lipinski definition) is 9. The van der Waals surface area contributed by atoms with Crippen LogP contribution in [0.2, 0.25) is 0 Å². The normalized spacial score (nSPS) is 11.2. The van der Waals surface area contributed by atoms with E-state index in [0.717, 1.165) is 6.07 Å². The van der Waals surface area contributed by atoms with Crippen molar-refractivity contribution < 1.29 is 27.1 Å². The van der Waals surface area contributed by atoms with Crippen LogP contribution in [0, 0.1) is 17.0 Å². The van der Waals surface area contributed by atoms with Gasteiger partial charge >= 0.3 is 10.1 Å². The number of ether oxygens (including phenoxy) is 1. The number of methoxy groups -OCH3 is 1. The summed E-state index contributed by atoms with van der Waals surface area (Å²) in [6, 6.07) is 14.0. The zero-order valence-electron chi connectivity index (χ0n) is 18.1. The molecule has 0 saturated heterocycles. The third kappa shape index (κ3) is 5.66. The molecule has 3 rings (SSSR count). The molecule has 0 aliphatic carbocycles. The van der Waals surface area contributed by atoms with Crippen LogP contribution in [0.15, 0.2) is 70.7 Å². The maximum absolute atomic E-state index is 12.7. The van der Waals surface area contributed by atoms with Gasteiger partial charge in [-0.05, 0) is 61.0 Å². The molecule has 0 aromatic heterocycles. The first-order valence-corrected chi connectivity index (χ1v) is 11.1. The molecule has 0 radical (unpaired) electrons. The Morgan fingerprint density at radius 2 is 1.79 bits per heavy atom. The van der Waals surface area contributed by atoms with Gasteiger partial charge in [0.15, 0.2) is 11.5 Å². The number of hydrogen-bond donors (Lipinski definition) is 2. The van der Waals surface area contributed by atoms with Crippen molar-refractivity contribution in [2.45, 2.75) is 11.8 Å². The summed E-state index contributed by atoms with van der Waals surface area (Å²) in [6.07, 6.45) is 1.33. The fraction of sp³-hybridized carbons (Fsp3) is 0.0909. The minimum absolute atomic E-state index is 0.0685. The van der Waals surface area contributed by atoms with Gasteiger partial charge in [0.1, 0.15) is 4.90 Å². The predicted molar refractivity (Wildman–Crippen MR) is 125 cm³/mol. The Labute approximate surface area is 195 Å². The number of nitrogens with one attached hydrogen (secondary N) is 1. The average molecular weight is 484 g/mol. The smallest absolute Gasteiger partial charge is 0.339 e. The lowest BCUT2D eigenvalue weighted by Crippen LogP contribution is -2.17. The van der Waals surface area contributed by atoms with Crippen molar-refractivity contribution in [1.82, 2.24) is 5.43 Å². The summed E-state index contributed by atoms with van der Waals surface area (Å²) >= 11 is 0. The van der Waals surface area contributed by atoms with Gasteiger partial charge in [-0.2, -0.15) is 13.5 Å². The van der Waals surface area contributed by atoms with Crippen LogP contribution in [-0.2, 0) is 10.1 Å². The van der Waals surface area contributed by atoms with Gasteiger partial charge in [0.25, 0.3) is 11.6 Å². The molecule has 0 atom stereocenters. The minimum atomic E-state index is -4.38. The topological polar surface area (TPSA) is 163 Å². The first-order chi connectivity index (χ1) is 16.1. The van der Waals surface area contributed by atoms with Gasteiger partial charge in [0.2, 0.25) is 0 Å². The second-order valence-electron chi connectivity index (χ2n) is 6.97. The summed E-state index contributed by atoms with van der Waals surface area (Å²) in [5.41, 5.74) is 9.30. The van der Waals surface area contributed by atoms with Crippen molar-refractivity contribution in [2.75, 3.05) is 12.8 Å². The molecule has 0 aliphatic heterocycles. The number of aryl methyl sites for hydroxylation is 1. The van der Waals surface area contributed by atoms with Crippen LogP contribution in [0.25, 0.3) is 0 Å². The lowest BCUT2D eigenvalue weighted by atomic mass is 10.2. The SMILES string of the molecule is COc1cc(C=NNC(=O)c2ccc(N)cc2)ccc1OS(=O)(=O)c1ccc(C)c([N+](=O)[O-])c1. The number of anilines is 1. The van der Waals surface area contributed by atoms with E-state index in [0.29, 0.717) is 22.4 Å². The lowest BCUT2D eigenvalue weighted by molar-refractivity contribution is -0.385.